The number of para-hydroxylation sites is 1. The molecule has 0 atom stereocenters. The monoisotopic (exact) mass is 344 g/mol. The zero-order chi connectivity index (χ0) is 17.7. The van der Waals surface area contributed by atoms with E-state index < -0.39 is 0 Å². The van der Waals surface area contributed by atoms with E-state index in [1.807, 2.05) is 13.8 Å². The van der Waals surface area contributed by atoms with Crippen molar-refractivity contribution in [1.29, 1.82) is 0 Å². The fourth-order valence-corrected chi connectivity index (χ4v) is 4.68. The van der Waals surface area contributed by atoms with Crippen molar-refractivity contribution < 1.29 is 4.74 Å². The van der Waals surface area contributed by atoms with Crippen LogP contribution >= 0.6 is 0 Å². The summed E-state index contributed by atoms with van der Waals surface area (Å²) in [5.74, 6) is 0. The van der Waals surface area contributed by atoms with Crippen LogP contribution in [0.4, 0.5) is 5.69 Å². The maximum atomic E-state index is 6.37. The Hall–Kier alpha value is -1.06. The number of likely N-dealkylation sites (tertiary alicyclic amines) is 1. The third kappa shape index (κ3) is 4.57. The number of nitrogens with zero attached hydrogens (tertiary/aromatic N) is 2. The van der Waals surface area contributed by atoms with E-state index >= 15 is 0 Å². The standard InChI is InChI=1S/C20H30N2O.C2H6/c1-21-11-7-18(8-12-21)23-19-15-20(16-19)9-13-22(14-10-20)17-5-3-2-4-6-17;1-2/h2-6,18-19H,7-16H2,1H3;1-2H3. The molecule has 140 valence electrons. The molecule has 2 saturated heterocycles. The molecule has 4 rings (SSSR count). The van der Waals surface area contributed by atoms with Crippen LogP contribution in [0.1, 0.15) is 52.4 Å². The summed E-state index contributed by atoms with van der Waals surface area (Å²) >= 11 is 0. The Morgan fingerprint density at radius 1 is 0.880 bits per heavy atom. The minimum atomic E-state index is 0.526. The molecule has 25 heavy (non-hydrogen) atoms. The highest BCUT2D eigenvalue weighted by atomic mass is 16.5. The van der Waals surface area contributed by atoms with Gasteiger partial charge in [-0.2, -0.15) is 0 Å². The quantitative estimate of drug-likeness (QED) is 0.799. The van der Waals surface area contributed by atoms with Crippen LogP contribution in [0.5, 0.6) is 0 Å². The van der Waals surface area contributed by atoms with Crippen molar-refractivity contribution in [2.75, 3.05) is 38.1 Å². The number of rotatable bonds is 3. The molecular formula is C22H36N2O. The Bertz CT molecular complexity index is 494. The molecule has 3 fully saturated rings. The van der Waals surface area contributed by atoms with Crippen molar-refractivity contribution in [3.63, 3.8) is 0 Å². The highest BCUT2D eigenvalue weighted by molar-refractivity contribution is 5.46. The number of hydrogen-bond acceptors (Lipinski definition) is 3. The number of piperidine rings is 2. The normalized spacial score (nSPS) is 24.5. The van der Waals surface area contributed by atoms with Crippen molar-refractivity contribution in [3.05, 3.63) is 30.3 Å². The molecule has 1 saturated carbocycles. The third-order valence-electron chi connectivity index (χ3n) is 6.32. The van der Waals surface area contributed by atoms with Crippen LogP contribution in [0.2, 0.25) is 0 Å². The fraction of sp³-hybridized carbons (Fsp3) is 0.727. The Morgan fingerprint density at radius 2 is 1.48 bits per heavy atom. The zero-order valence-corrected chi connectivity index (χ0v) is 16.4. The van der Waals surface area contributed by atoms with Gasteiger partial charge >= 0.3 is 0 Å². The van der Waals surface area contributed by atoms with Gasteiger partial charge in [0.15, 0.2) is 0 Å². The van der Waals surface area contributed by atoms with Gasteiger partial charge in [0.05, 0.1) is 12.2 Å². The van der Waals surface area contributed by atoms with Crippen LogP contribution in [0.15, 0.2) is 30.3 Å². The topological polar surface area (TPSA) is 15.7 Å². The van der Waals surface area contributed by atoms with Crippen molar-refractivity contribution >= 4 is 5.69 Å². The average Bonchev–Trinajstić information content (AvgIpc) is 2.65. The second-order valence-electron chi connectivity index (χ2n) is 7.99. The van der Waals surface area contributed by atoms with Gasteiger partial charge in [0, 0.05) is 31.9 Å². The predicted molar refractivity (Wildman–Crippen MR) is 106 cm³/mol. The van der Waals surface area contributed by atoms with Gasteiger partial charge in [-0.15, -0.1) is 0 Å². The molecule has 0 unspecified atom stereocenters. The van der Waals surface area contributed by atoms with Gasteiger partial charge in [0.2, 0.25) is 0 Å². The van der Waals surface area contributed by atoms with Gasteiger partial charge in [-0.1, -0.05) is 32.0 Å². The van der Waals surface area contributed by atoms with Crippen LogP contribution < -0.4 is 4.90 Å². The van der Waals surface area contributed by atoms with E-state index in [1.165, 1.54) is 70.4 Å². The lowest BCUT2D eigenvalue weighted by Crippen LogP contribution is -2.51. The number of benzene rings is 1. The SMILES string of the molecule is CC.CN1CCC(OC2CC3(CCN(c4ccccc4)CC3)C2)CC1. The maximum absolute atomic E-state index is 6.37. The Kier molecular flexibility index (Phi) is 6.40. The molecule has 3 aliphatic rings. The van der Waals surface area contributed by atoms with Crippen LogP contribution in [0, 0.1) is 5.41 Å². The number of hydrogen-bond donors (Lipinski definition) is 0. The van der Waals surface area contributed by atoms with Crippen molar-refractivity contribution in [1.82, 2.24) is 4.90 Å². The first-order valence-electron chi connectivity index (χ1n) is 10.4. The zero-order valence-electron chi connectivity index (χ0n) is 16.4. The minimum absolute atomic E-state index is 0.526. The smallest absolute Gasteiger partial charge is 0.0603 e. The summed E-state index contributed by atoms with van der Waals surface area (Å²) < 4.78 is 6.37. The molecule has 1 aromatic rings. The van der Waals surface area contributed by atoms with E-state index in [1.54, 1.807) is 0 Å². The Labute approximate surface area is 154 Å². The molecule has 0 N–H and O–H groups in total. The maximum Gasteiger partial charge on any atom is 0.0603 e. The molecule has 1 spiro atoms. The van der Waals surface area contributed by atoms with Gasteiger partial charge in [-0.05, 0) is 63.1 Å². The van der Waals surface area contributed by atoms with E-state index in [9.17, 15) is 0 Å². The van der Waals surface area contributed by atoms with E-state index in [-0.39, 0.29) is 0 Å². The van der Waals surface area contributed by atoms with Gasteiger partial charge < -0.3 is 14.5 Å². The van der Waals surface area contributed by atoms with Crippen molar-refractivity contribution in [3.8, 4) is 0 Å². The first-order chi connectivity index (χ1) is 12.2. The lowest BCUT2D eigenvalue weighted by atomic mass is 9.61. The molecule has 3 nitrogen and oxygen atoms in total. The van der Waals surface area contributed by atoms with Gasteiger partial charge in [-0.3, -0.25) is 0 Å². The summed E-state index contributed by atoms with van der Waals surface area (Å²) in [6, 6.07) is 10.9. The summed E-state index contributed by atoms with van der Waals surface area (Å²) in [6.45, 7) is 8.83. The molecule has 3 heteroatoms. The third-order valence-corrected chi connectivity index (χ3v) is 6.32. The van der Waals surface area contributed by atoms with Crippen LogP contribution in [0.3, 0.4) is 0 Å². The van der Waals surface area contributed by atoms with Crippen LogP contribution in [-0.2, 0) is 4.74 Å². The molecule has 0 amide bonds. The first kappa shape index (κ1) is 18.7. The lowest BCUT2D eigenvalue weighted by molar-refractivity contribution is -0.132. The van der Waals surface area contributed by atoms with E-state index in [0.717, 1.165) is 0 Å². The van der Waals surface area contributed by atoms with Gasteiger partial charge in [0.1, 0.15) is 0 Å². The molecule has 0 radical (unpaired) electrons. The van der Waals surface area contributed by atoms with Crippen LogP contribution in [-0.4, -0.2) is 50.3 Å². The lowest BCUT2D eigenvalue weighted by Gasteiger charge is -2.53. The number of anilines is 1. The Morgan fingerprint density at radius 3 is 2.08 bits per heavy atom. The first-order valence-corrected chi connectivity index (χ1v) is 10.4. The molecule has 2 aliphatic heterocycles. The highest BCUT2D eigenvalue weighted by Crippen LogP contribution is 2.51. The molecule has 1 aromatic carbocycles. The summed E-state index contributed by atoms with van der Waals surface area (Å²) in [7, 11) is 2.22. The molecular weight excluding hydrogens is 308 g/mol. The van der Waals surface area contributed by atoms with E-state index in [2.05, 4.69) is 47.2 Å². The summed E-state index contributed by atoms with van der Waals surface area (Å²) in [5, 5.41) is 0. The van der Waals surface area contributed by atoms with Crippen molar-refractivity contribution in [2.24, 2.45) is 5.41 Å². The number of ether oxygens (including phenoxy) is 1. The molecule has 2 heterocycles. The van der Waals surface area contributed by atoms with Crippen LogP contribution in [0.25, 0.3) is 0 Å². The predicted octanol–water partition coefficient (Wildman–Crippen LogP) is 4.57. The van der Waals surface area contributed by atoms with E-state index in [4.69, 9.17) is 4.74 Å². The van der Waals surface area contributed by atoms with Crippen molar-refractivity contribution in [2.45, 2.75) is 64.6 Å². The summed E-state index contributed by atoms with van der Waals surface area (Å²) in [4.78, 5) is 4.97. The second kappa shape index (κ2) is 8.55. The fourth-order valence-electron chi connectivity index (χ4n) is 4.68. The Balaban J connectivity index is 0.000000880. The summed E-state index contributed by atoms with van der Waals surface area (Å²) in [6.07, 6.45) is 8.82. The molecule has 0 aromatic heterocycles. The van der Waals surface area contributed by atoms with Gasteiger partial charge in [0.25, 0.3) is 0 Å². The second-order valence-corrected chi connectivity index (χ2v) is 7.99. The summed E-state index contributed by atoms with van der Waals surface area (Å²) in [5.41, 5.74) is 1.99. The minimum Gasteiger partial charge on any atom is -0.375 e. The molecule has 0 bridgehead atoms. The van der Waals surface area contributed by atoms with E-state index in [0.29, 0.717) is 17.6 Å². The van der Waals surface area contributed by atoms with Gasteiger partial charge in [-0.25, -0.2) is 0 Å². The largest absolute Gasteiger partial charge is 0.375 e. The highest BCUT2D eigenvalue weighted by Gasteiger charge is 2.47. The average molecular weight is 345 g/mol. The molecule has 1 aliphatic carbocycles.